The van der Waals surface area contributed by atoms with E-state index in [-0.39, 0.29) is 12.5 Å². The predicted molar refractivity (Wildman–Crippen MR) is 52.7 cm³/mol. The van der Waals surface area contributed by atoms with Crippen molar-refractivity contribution >= 4 is 27.8 Å². The molecule has 0 aromatic rings. The molecule has 0 aliphatic carbocycles. The first-order valence-corrected chi connectivity index (χ1v) is 5.22. The molecule has 0 atom stereocenters. The zero-order valence-electron chi connectivity index (χ0n) is 7.64. The third-order valence-electron chi connectivity index (χ3n) is 1.45. The molecule has 0 saturated carbocycles. The molecule has 0 aliphatic rings. The van der Waals surface area contributed by atoms with Crippen LogP contribution in [0.5, 0.6) is 0 Å². The molecular weight excluding hydrogens is 238 g/mol. The number of nitrogens with one attached hydrogen (secondary N) is 1. The molecule has 0 aromatic heterocycles. The number of halogens is 1. The van der Waals surface area contributed by atoms with Gasteiger partial charge in [-0.15, -0.1) is 0 Å². The zero-order valence-corrected chi connectivity index (χ0v) is 9.22. The van der Waals surface area contributed by atoms with E-state index in [0.717, 1.165) is 18.2 Å². The summed E-state index contributed by atoms with van der Waals surface area (Å²) in [6.45, 7) is -0.0380. The van der Waals surface area contributed by atoms with Crippen molar-refractivity contribution in [1.29, 1.82) is 0 Å². The van der Waals surface area contributed by atoms with E-state index in [4.69, 9.17) is 0 Å². The number of amides is 1. The molecule has 0 fully saturated rings. The molecule has 0 unspecified atom stereocenters. The molecule has 0 radical (unpaired) electrons. The van der Waals surface area contributed by atoms with Crippen molar-refractivity contribution in [2.45, 2.75) is 19.3 Å². The quantitative estimate of drug-likeness (QED) is 0.433. The van der Waals surface area contributed by atoms with Gasteiger partial charge in [0.2, 0.25) is 5.91 Å². The summed E-state index contributed by atoms with van der Waals surface area (Å²) in [5.41, 5.74) is 0. The average molecular weight is 252 g/mol. The van der Waals surface area contributed by atoms with E-state index >= 15 is 0 Å². The lowest BCUT2D eigenvalue weighted by atomic mass is 10.2. The summed E-state index contributed by atoms with van der Waals surface area (Å²) < 4.78 is 4.37. The lowest BCUT2D eigenvalue weighted by Gasteiger charge is -2.02. The van der Waals surface area contributed by atoms with Crippen LogP contribution in [0.1, 0.15) is 19.3 Å². The average Bonchev–Trinajstić information content (AvgIpc) is 2.14. The molecule has 0 spiro atoms. The Balaban J connectivity index is 3.35. The molecule has 0 aromatic carbocycles. The van der Waals surface area contributed by atoms with Crippen molar-refractivity contribution in [1.82, 2.24) is 5.32 Å². The molecular formula is C8H14BrNO3. The summed E-state index contributed by atoms with van der Waals surface area (Å²) in [4.78, 5) is 21.6. The van der Waals surface area contributed by atoms with Crippen molar-refractivity contribution in [3.05, 3.63) is 0 Å². The first-order chi connectivity index (χ1) is 6.20. The van der Waals surface area contributed by atoms with Crippen molar-refractivity contribution in [3.63, 3.8) is 0 Å². The number of alkyl halides is 1. The van der Waals surface area contributed by atoms with E-state index in [2.05, 4.69) is 26.0 Å². The molecule has 0 saturated heterocycles. The Hall–Kier alpha value is -0.580. The molecule has 76 valence electrons. The fourth-order valence-corrected chi connectivity index (χ4v) is 1.11. The molecule has 0 bridgehead atoms. The first kappa shape index (κ1) is 12.4. The van der Waals surface area contributed by atoms with Gasteiger partial charge in [-0.3, -0.25) is 9.59 Å². The van der Waals surface area contributed by atoms with Crippen LogP contribution in [0.2, 0.25) is 0 Å². The van der Waals surface area contributed by atoms with Crippen LogP contribution in [0, 0.1) is 0 Å². The summed E-state index contributed by atoms with van der Waals surface area (Å²) >= 11 is 3.27. The Morgan fingerprint density at radius 1 is 1.38 bits per heavy atom. The summed E-state index contributed by atoms with van der Waals surface area (Å²) in [6, 6.07) is 0. The van der Waals surface area contributed by atoms with Gasteiger partial charge in [0.25, 0.3) is 0 Å². The van der Waals surface area contributed by atoms with Crippen LogP contribution in [-0.2, 0) is 14.3 Å². The molecule has 1 amide bonds. The van der Waals surface area contributed by atoms with Gasteiger partial charge in [-0.2, -0.15) is 0 Å². The molecule has 4 nitrogen and oxygen atoms in total. The minimum absolute atomic E-state index is 0.0380. The highest BCUT2D eigenvalue weighted by Crippen LogP contribution is 1.97. The Kier molecular flexibility index (Phi) is 7.68. The van der Waals surface area contributed by atoms with E-state index in [9.17, 15) is 9.59 Å². The van der Waals surface area contributed by atoms with Crippen molar-refractivity contribution < 1.29 is 14.3 Å². The van der Waals surface area contributed by atoms with Crippen LogP contribution in [0.15, 0.2) is 0 Å². The van der Waals surface area contributed by atoms with E-state index < -0.39 is 5.97 Å². The van der Waals surface area contributed by atoms with Crippen LogP contribution >= 0.6 is 15.9 Å². The van der Waals surface area contributed by atoms with Gasteiger partial charge in [0.05, 0.1) is 7.11 Å². The Labute approximate surface area is 86.1 Å². The number of rotatable bonds is 6. The standard InChI is InChI=1S/C8H14BrNO3/c1-13-8(12)6-10-7(11)4-2-3-5-9/h2-6H2,1H3,(H,10,11). The molecule has 0 aliphatic heterocycles. The van der Waals surface area contributed by atoms with Gasteiger partial charge in [0.1, 0.15) is 6.54 Å². The van der Waals surface area contributed by atoms with Gasteiger partial charge in [-0.1, -0.05) is 15.9 Å². The number of hydrogen-bond acceptors (Lipinski definition) is 3. The smallest absolute Gasteiger partial charge is 0.325 e. The Bertz CT molecular complexity index is 173. The van der Waals surface area contributed by atoms with Gasteiger partial charge in [0.15, 0.2) is 0 Å². The maximum absolute atomic E-state index is 11.0. The third kappa shape index (κ3) is 7.77. The van der Waals surface area contributed by atoms with Gasteiger partial charge in [0, 0.05) is 11.8 Å². The molecule has 1 N–H and O–H groups in total. The summed E-state index contributed by atoms with van der Waals surface area (Å²) in [7, 11) is 1.29. The fraction of sp³-hybridized carbons (Fsp3) is 0.750. The number of carbonyl (C=O) groups is 2. The fourth-order valence-electron chi connectivity index (χ4n) is 0.711. The minimum atomic E-state index is -0.422. The summed E-state index contributed by atoms with van der Waals surface area (Å²) in [6.07, 6.45) is 2.26. The van der Waals surface area contributed by atoms with Crippen molar-refractivity contribution in [3.8, 4) is 0 Å². The Morgan fingerprint density at radius 3 is 2.62 bits per heavy atom. The monoisotopic (exact) mass is 251 g/mol. The minimum Gasteiger partial charge on any atom is -0.468 e. The molecule has 0 heterocycles. The predicted octanol–water partition coefficient (Wildman–Crippen LogP) is 0.841. The molecule has 0 rings (SSSR count). The van der Waals surface area contributed by atoms with E-state index in [1.165, 1.54) is 7.11 Å². The van der Waals surface area contributed by atoms with E-state index in [1.54, 1.807) is 0 Å². The van der Waals surface area contributed by atoms with Gasteiger partial charge < -0.3 is 10.1 Å². The molecule has 5 heteroatoms. The van der Waals surface area contributed by atoms with Crippen LogP contribution < -0.4 is 5.32 Å². The number of unbranched alkanes of at least 4 members (excludes halogenated alkanes) is 1. The van der Waals surface area contributed by atoms with Crippen molar-refractivity contribution in [2.75, 3.05) is 19.0 Å². The van der Waals surface area contributed by atoms with Gasteiger partial charge in [-0.25, -0.2) is 0 Å². The highest BCUT2D eigenvalue weighted by Gasteiger charge is 2.03. The number of ether oxygens (including phenoxy) is 1. The number of methoxy groups -OCH3 is 1. The van der Waals surface area contributed by atoms with Crippen LogP contribution in [0.25, 0.3) is 0 Å². The highest BCUT2D eigenvalue weighted by molar-refractivity contribution is 9.09. The number of carbonyl (C=O) groups excluding carboxylic acids is 2. The van der Waals surface area contributed by atoms with Crippen LogP contribution in [-0.4, -0.2) is 30.9 Å². The summed E-state index contributed by atoms with van der Waals surface area (Å²) in [5.74, 6) is -0.528. The van der Waals surface area contributed by atoms with Crippen LogP contribution in [0.3, 0.4) is 0 Å². The van der Waals surface area contributed by atoms with E-state index in [0.29, 0.717) is 6.42 Å². The van der Waals surface area contributed by atoms with Gasteiger partial charge >= 0.3 is 5.97 Å². The second-order valence-corrected chi connectivity index (χ2v) is 3.29. The highest BCUT2D eigenvalue weighted by atomic mass is 79.9. The maximum atomic E-state index is 11.0. The normalized spacial score (nSPS) is 9.38. The summed E-state index contributed by atoms with van der Waals surface area (Å²) in [5, 5.41) is 3.36. The molecule has 13 heavy (non-hydrogen) atoms. The number of esters is 1. The SMILES string of the molecule is COC(=O)CNC(=O)CCCCBr. The third-order valence-corrected chi connectivity index (χ3v) is 2.01. The maximum Gasteiger partial charge on any atom is 0.325 e. The first-order valence-electron chi connectivity index (χ1n) is 4.10. The second kappa shape index (κ2) is 8.04. The largest absolute Gasteiger partial charge is 0.468 e. The number of hydrogen-bond donors (Lipinski definition) is 1. The lowest BCUT2D eigenvalue weighted by Crippen LogP contribution is -2.29. The van der Waals surface area contributed by atoms with E-state index in [1.807, 2.05) is 0 Å². The lowest BCUT2D eigenvalue weighted by molar-refractivity contribution is -0.141. The zero-order chi connectivity index (χ0) is 10.1. The van der Waals surface area contributed by atoms with Crippen LogP contribution in [0.4, 0.5) is 0 Å². The van der Waals surface area contributed by atoms with Crippen molar-refractivity contribution in [2.24, 2.45) is 0 Å². The van der Waals surface area contributed by atoms with Gasteiger partial charge in [-0.05, 0) is 12.8 Å². The second-order valence-electron chi connectivity index (χ2n) is 2.50. The Morgan fingerprint density at radius 2 is 2.08 bits per heavy atom. The topological polar surface area (TPSA) is 55.4 Å².